The Kier molecular flexibility index (Phi) is 2.96. The lowest BCUT2D eigenvalue weighted by Crippen LogP contribution is -2.34. The molecule has 3 atom stereocenters. The summed E-state index contributed by atoms with van der Waals surface area (Å²) in [7, 11) is 2.85. The summed E-state index contributed by atoms with van der Waals surface area (Å²) in [5.74, 6) is -0.494. The van der Waals surface area contributed by atoms with E-state index in [1.807, 2.05) is 0 Å². The Bertz CT molecular complexity index is 346. The molecule has 0 bridgehead atoms. The molecule has 0 saturated heterocycles. The molecule has 0 amide bonds. The molecular weight excluding hydrogens is 212 g/mol. The lowest BCUT2D eigenvalue weighted by atomic mass is 9.87. The molecule has 5 nitrogen and oxygen atoms in total. The Hall–Kier alpha value is -1.36. The Morgan fingerprint density at radius 1 is 1.44 bits per heavy atom. The number of esters is 1. The molecule has 1 saturated carbocycles. The standard InChI is InChI=1S/C11H14O5/c1-14-10(13)9-5-16-11(15-2)8-4-6(12)3-7(8)9/h5,7-8,11H,3-4H2,1-2H3/t7-,8+,11?/m0/s1. The molecular formula is C11H14O5. The fourth-order valence-electron chi connectivity index (χ4n) is 2.39. The van der Waals surface area contributed by atoms with Crippen LogP contribution < -0.4 is 0 Å². The molecule has 0 aromatic heterocycles. The average Bonchev–Trinajstić information content (AvgIpc) is 2.67. The highest BCUT2D eigenvalue weighted by Gasteiger charge is 2.46. The average molecular weight is 226 g/mol. The Balaban J connectivity index is 2.26. The Labute approximate surface area is 93.4 Å². The van der Waals surface area contributed by atoms with Gasteiger partial charge in [0.2, 0.25) is 6.29 Å². The zero-order valence-corrected chi connectivity index (χ0v) is 9.26. The zero-order valence-electron chi connectivity index (χ0n) is 9.26. The number of fused-ring (bicyclic) bond motifs is 1. The van der Waals surface area contributed by atoms with Gasteiger partial charge in [-0.05, 0) is 0 Å². The first kappa shape index (κ1) is 11.1. The van der Waals surface area contributed by atoms with Gasteiger partial charge in [-0.1, -0.05) is 0 Å². The maximum atomic E-state index is 11.5. The van der Waals surface area contributed by atoms with Crippen molar-refractivity contribution < 1.29 is 23.8 Å². The second-order valence-corrected chi connectivity index (χ2v) is 4.02. The maximum absolute atomic E-state index is 11.5. The van der Waals surface area contributed by atoms with Crippen LogP contribution in [0.3, 0.4) is 0 Å². The molecule has 0 aromatic carbocycles. The van der Waals surface area contributed by atoms with Crippen molar-refractivity contribution in [3.8, 4) is 0 Å². The van der Waals surface area contributed by atoms with Crippen molar-refractivity contribution in [1.82, 2.24) is 0 Å². The van der Waals surface area contributed by atoms with E-state index in [0.29, 0.717) is 18.4 Å². The molecule has 1 aliphatic carbocycles. The topological polar surface area (TPSA) is 61.8 Å². The van der Waals surface area contributed by atoms with Crippen molar-refractivity contribution >= 4 is 11.8 Å². The summed E-state index contributed by atoms with van der Waals surface area (Å²) in [6.07, 6.45) is 1.69. The Morgan fingerprint density at radius 3 is 2.81 bits per heavy atom. The van der Waals surface area contributed by atoms with Crippen LogP contribution in [-0.2, 0) is 23.8 Å². The molecule has 0 N–H and O–H groups in total. The molecule has 2 aliphatic rings. The number of carbonyl (C=O) groups excluding carboxylic acids is 2. The van der Waals surface area contributed by atoms with E-state index < -0.39 is 12.3 Å². The number of Topliss-reactive ketones (excluding diaryl/α,β-unsaturated/α-hetero) is 1. The third-order valence-electron chi connectivity index (χ3n) is 3.16. The molecule has 1 fully saturated rings. The fourth-order valence-corrected chi connectivity index (χ4v) is 2.39. The second-order valence-electron chi connectivity index (χ2n) is 4.02. The first-order valence-electron chi connectivity index (χ1n) is 5.15. The third-order valence-corrected chi connectivity index (χ3v) is 3.16. The Morgan fingerprint density at radius 2 is 2.19 bits per heavy atom. The van der Waals surface area contributed by atoms with Crippen LogP contribution >= 0.6 is 0 Å². The van der Waals surface area contributed by atoms with Gasteiger partial charge in [-0.3, -0.25) is 4.79 Å². The highest BCUT2D eigenvalue weighted by Crippen LogP contribution is 2.41. The summed E-state index contributed by atoms with van der Waals surface area (Å²) in [5, 5.41) is 0. The first-order valence-corrected chi connectivity index (χ1v) is 5.15. The third kappa shape index (κ3) is 1.71. The molecule has 16 heavy (non-hydrogen) atoms. The normalized spacial score (nSPS) is 32.8. The van der Waals surface area contributed by atoms with Crippen LogP contribution in [0.5, 0.6) is 0 Å². The minimum atomic E-state index is -0.440. The van der Waals surface area contributed by atoms with Crippen LogP contribution in [0.2, 0.25) is 0 Å². The van der Waals surface area contributed by atoms with Gasteiger partial charge in [-0.25, -0.2) is 4.79 Å². The number of hydrogen-bond acceptors (Lipinski definition) is 5. The quantitative estimate of drug-likeness (QED) is 0.647. The van der Waals surface area contributed by atoms with E-state index in [1.54, 1.807) is 0 Å². The fraction of sp³-hybridized carbons (Fsp3) is 0.636. The first-order chi connectivity index (χ1) is 7.67. The summed E-state index contributed by atoms with van der Waals surface area (Å²) in [5.41, 5.74) is 0.437. The molecule has 1 unspecified atom stereocenters. The summed E-state index contributed by atoms with van der Waals surface area (Å²) in [4.78, 5) is 22.9. The smallest absolute Gasteiger partial charge is 0.337 e. The molecule has 0 aromatic rings. The lowest BCUT2D eigenvalue weighted by Gasteiger charge is -2.31. The van der Waals surface area contributed by atoms with Crippen molar-refractivity contribution in [2.45, 2.75) is 19.1 Å². The second kappa shape index (κ2) is 4.25. The van der Waals surface area contributed by atoms with Gasteiger partial charge in [-0.15, -0.1) is 0 Å². The predicted molar refractivity (Wildman–Crippen MR) is 53.2 cm³/mol. The molecule has 1 heterocycles. The van der Waals surface area contributed by atoms with Crippen molar-refractivity contribution in [3.63, 3.8) is 0 Å². The van der Waals surface area contributed by atoms with Gasteiger partial charge < -0.3 is 14.2 Å². The number of carbonyl (C=O) groups is 2. The van der Waals surface area contributed by atoms with E-state index in [4.69, 9.17) is 9.47 Å². The predicted octanol–water partition coefficient (Wildman–Crippen LogP) is 0.641. The van der Waals surface area contributed by atoms with Gasteiger partial charge in [-0.2, -0.15) is 0 Å². The zero-order chi connectivity index (χ0) is 11.7. The van der Waals surface area contributed by atoms with Gasteiger partial charge in [0.15, 0.2) is 0 Å². The van der Waals surface area contributed by atoms with E-state index in [0.717, 1.165) is 0 Å². The molecule has 5 heteroatoms. The van der Waals surface area contributed by atoms with Gasteiger partial charge in [0, 0.05) is 31.8 Å². The summed E-state index contributed by atoms with van der Waals surface area (Å²) >= 11 is 0. The van der Waals surface area contributed by atoms with Crippen molar-refractivity contribution in [2.24, 2.45) is 11.8 Å². The summed E-state index contributed by atoms with van der Waals surface area (Å²) in [6, 6.07) is 0. The number of hydrogen-bond donors (Lipinski definition) is 0. The van der Waals surface area contributed by atoms with E-state index in [2.05, 4.69) is 4.74 Å². The van der Waals surface area contributed by atoms with Crippen LogP contribution in [-0.4, -0.2) is 32.3 Å². The molecule has 0 radical (unpaired) electrons. The van der Waals surface area contributed by atoms with E-state index in [1.165, 1.54) is 20.5 Å². The van der Waals surface area contributed by atoms with Crippen molar-refractivity contribution in [1.29, 1.82) is 0 Å². The highest BCUT2D eigenvalue weighted by molar-refractivity contribution is 5.92. The highest BCUT2D eigenvalue weighted by atomic mass is 16.7. The number of ether oxygens (including phenoxy) is 3. The SMILES string of the molecule is COC(=O)C1=COC(OC)[C@@H]2CC(=O)C[C@H]12. The van der Waals surface area contributed by atoms with E-state index >= 15 is 0 Å². The summed E-state index contributed by atoms with van der Waals surface area (Å²) in [6.45, 7) is 0. The van der Waals surface area contributed by atoms with Crippen molar-refractivity contribution in [2.75, 3.05) is 14.2 Å². The minimum Gasteiger partial charge on any atom is -0.472 e. The van der Waals surface area contributed by atoms with Gasteiger partial charge in [0.05, 0.1) is 18.9 Å². The van der Waals surface area contributed by atoms with E-state index in [-0.39, 0.29) is 17.6 Å². The number of ketones is 1. The minimum absolute atomic E-state index is 0.0726. The van der Waals surface area contributed by atoms with Crippen LogP contribution in [0.25, 0.3) is 0 Å². The van der Waals surface area contributed by atoms with Crippen LogP contribution in [0.15, 0.2) is 11.8 Å². The van der Waals surface area contributed by atoms with Gasteiger partial charge in [0.25, 0.3) is 0 Å². The molecule has 1 aliphatic heterocycles. The molecule has 88 valence electrons. The summed E-state index contributed by atoms with van der Waals surface area (Å²) < 4.78 is 15.1. The van der Waals surface area contributed by atoms with Crippen LogP contribution in [0.4, 0.5) is 0 Å². The van der Waals surface area contributed by atoms with Gasteiger partial charge >= 0.3 is 5.97 Å². The molecule has 2 rings (SSSR count). The van der Waals surface area contributed by atoms with E-state index in [9.17, 15) is 9.59 Å². The van der Waals surface area contributed by atoms with Crippen LogP contribution in [0, 0.1) is 11.8 Å². The van der Waals surface area contributed by atoms with Crippen LogP contribution in [0.1, 0.15) is 12.8 Å². The van der Waals surface area contributed by atoms with Gasteiger partial charge in [0.1, 0.15) is 5.78 Å². The van der Waals surface area contributed by atoms with Crippen molar-refractivity contribution in [3.05, 3.63) is 11.8 Å². The number of rotatable bonds is 2. The largest absolute Gasteiger partial charge is 0.472 e. The molecule has 0 spiro atoms. The maximum Gasteiger partial charge on any atom is 0.337 e. The lowest BCUT2D eigenvalue weighted by molar-refractivity contribution is -0.149. The monoisotopic (exact) mass is 226 g/mol. The number of methoxy groups -OCH3 is 2.